The molecule has 0 saturated heterocycles. The van der Waals surface area contributed by atoms with Gasteiger partial charge in [-0.3, -0.25) is 0 Å². The van der Waals surface area contributed by atoms with Crippen molar-refractivity contribution in [3.05, 3.63) is 18.3 Å². The summed E-state index contributed by atoms with van der Waals surface area (Å²) in [5.74, 6) is 1.58. The summed E-state index contributed by atoms with van der Waals surface area (Å²) >= 11 is 0. The molecule has 1 aromatic rings. The monoisotopic (exact) mass is 220 g/mol. The molecule has 1 fully saturated rings. The lowest BCUT2D eigenvalue weighted by Gasteiger charge is -2.28. The molecule has 2 rings (SSSR count). The number of pyridine rings is 1. The number of ether oxygens (including phenoxy) is 1. The van der Waals surface area contributed by atoms with Gasteiger partial charge in [-0.2, -0.15) is 0 Å². The molecule has 3 nitrogen and oxygen atoms in total. The average molecular weight is 220 g/mol. The van der Waals surface area contributed by atoms with Gasteiger partial charge in [0.05, 0.1) is 12.8 Å². The summed E-state index contributed by atoms with van der Waals surface area (Å²) in [6.07, 6.45) is 6.89. The van der Waals surface area contributed by atoms with E-state index in [1.54, 1.807) is 13.3 Å². The first-order valence-electron chi connectivity index (χ1n) is 6.05. The lowest BCUT2D eigenvalue weighted by Crippen LogP contribution is -2.25. The van der Waals surface area contributed by atoms with E-state index in [0.717, 1.165) is 11.6 Å². The molecule has 0 radical (unpaired) electrons. The molecule has 1 N–H and O–H groups in total. The summed E-state index contributed by atoms with van der Waals surface area (Å²) < 4.78 is 5.23. The van der Waals surface area contributed by atoms with Gasteiger partial charge in [0.2, 0.25) is 5.88 Å². The highest BCUT2D eigenvalue weighted by Gasteiger charge is 2.18. The van der Waals surface area contributed by atoms with Gasteiger partial charge in [0.1, 0.15) is 0 Å². The molecule has 0 spiro atoms. The van der Waals surface area contributed by atoms with Crippen LogP contribution >= 0.6 is 0 Å². The zero-order valence-electron chi connectivity index (χ0n) is 10.1. The summed E-state index contributed by atoms with van der Waals surface area (Å²) in [4.78, 5) is 4.19. The molecule has 3 heteroatoms. The summed E-state index contributed by atoms with van der Waals surface area (Å²) in [5.41, 5.74) is 1.02. The van der Waals surface area contributed by atoms with Crippen molar-refractivity contribution in [3.63, 3.8) is 0 Å². The fraction of sp³-hybridized carbons (Fsp3) is 0.615. The van der Waals surface area contributed by atoms with Crippen molar-refractivity contribution < 1.29 is 4.74 Å². The van der Waals surface area contributed by atoms with Crippen molar-refractivity contribution in [2.45, 2.75) is 38.6 Å². The van der Waals surface area contributed by atoms with Crippen LogP contribution in [0.25, 0.3) is 0 Å². The highest BCUT2D eigenvalue weighted by atomic mass is 16.5. The molecule has 1 aromatic heterocycles. The van der Waals surface area contributed by atoms with Gasteiger partial charge in [0.15, 0.2) is 0 Å². The summed E-state index contributed by atoms with van der Waals surface area (Å²) in [6, 6.07) is 4.55. The second-order valence-corrected chi connectivity index (χ2v) is 4.66. The first-order chi connectivity index (χ1) is 7.79. The minimum atomic E-state index is 0.578. The third kappa shape index (κ3) is 2.65. The molecule has 0 amide bonds. The smallest absolute Gasteiger partial charge is 0.237 e. The number of nitrogens with one attached hydrogen (secondary N) is 1. The Morgan fingerprint density at radius 1 is 1.31 bits per heavy atom. The van der Waals surface area contributed by atoms with Crippen molar-refractivity contribution >= 4 is 5.69 Å². The van der Waals surface area contributed by atoms with E-state index in [-0.39, 0.29) is 0 Å². The van der Waals surface area contributed by atoms with E-state index >= 15 is 0 Å². The first-order valence-corrected chi connectivity index (χ1v) is 6.05. The molecule has 0 aliphatic heterocycles. The summed E-state index contributed by atoms with van der Waals surface area (Å²) in [5, 5.41) is 3.53. The summed E-state index contributed by atoms with van der Waals surface area (Å²) in [7, 11) is 1.66. The standard InChI is InChI=1S/C13H20N2O/c1-10-5-7-11(8-6-10)15-12-4-3-9-14-13(12)16-2/h3-4,9-11,15H,5-8H2,1-2H3. The number of hydrogen-bond donors (Lipinski definition) is 1. The zero-order valence-corrected chi connectivity index (χ0v) is 10.1. The molecule has 88 valence electrons. The van der Waals surface area contributed by atoms with Gasteiger partial charge in [-0.15, -0.1) is 0 Å². The van der Waals surface area contributed by atoms with Crippen LogP contribution in [0.5, 0.6) is 5.88 Å². The number of nitrogens with zero attached hydrogens (tertiary/aromatic N) is 1. The van der Waals surface area contributed by atoms with Crippen molar-refractivity contribution in [2.24, 2.45) is 5.92 Å². The van der Waals surface area contributed by atoms with Crippen LogP contribution in [-0.2, 0) is 0 Å². The molecule has 1 aliphatic carbocycles. The Kier molecular flexibility index (Phi) is 3.65. The largest absolute Gasteiger partial charge is 0.480 e. The molecule has 0 aromatic carbocycles. The highest BCUT2D eigenvalue weighted by Crippen LogP contribution is 2.28. The molecular weight excluding hydrogens is 200 g/mol. The fourth-order valence-corrected chi connectivity index (χ4v) is 2.29. The second-order valence-electron chi connectivity index (χ2n) is 4.66. The van der Waals surface area contributed by atoms with E-state index in [1.165, 1.54) is 25.7 Å². The van der Waals surface area contributed by atoms with E-state index in [4.69, 9.17) is 4.74 Å². The molecular formula is C13H20N2O. The van der Waals surface area contributed by atoms with Gasteiger partial charge in [0, 0.05) is 12.2 Å². The van der Waals surface area contributed by atoms with Gasteiger partial charge in [-0.1, -0.05) is 6.92 Å². The van der Waals surface area contributed by atoms with Crippen LogP contribution in [-0.4, -0.2) is 18.1 Å². The molecule has 16 heavy (non-hydrogen) atoms. The van der Waals surface area contributed by atoms with E-state index < -0.39 is 0 Å². The Bertz CT molecular complexity index is 332. The average Bonchev–Trinajstić information content (AvgIpc) is 2.33. The normalized spacial score (nSPS) is 25.1. The lowest BCUT2D eigenvalue weighted by atomic mass is 9.87. The summed E-state index contributed by atoms with van der Waals surface area (Å²) in [6.45, 7) is 2.33. The minimum absolute atomic E-state index is 0.578. The maximum atomic E-state index is 5.23. The Balaban J connectivity index is 1.98. The van der Waals surface area contributed by atoms with Crippen LogP contribution in [0.3, 0.4) is 0 Å². The number of hydrogen-bond acceptors (Lipinski definition) is 3. The second kappa shape index (κ2) is 5.19. The Morgan fingerprint density at radius 3 is 2.75 bits per heavy atom. The van der Waals surface area contributed by atoms with E-state index in [9.17, 15) is 0 Å². The first kappa shape index (κ1) is 11.2. The maximum Gasteiger partial charge on any atom is 0.237 e. The van der Waals surface area contributed by atoms with E-state index in [2.05, 4.69) is 17.2 Å². The SMILES string of the molecule is COc1ncccc1NC1CCC(C)CC1. The maximum absolute atomic E-state index is 5.23. The van der Waals surface area contributed by atoms with Gasteiger partial charge >= 0.3 is 0 Å². The third-order valence-electron chi connectivity index (χ3n) is 3.34. The fourth-order valence-electron chi connectivity index (χ4n) is 2.29. The topological polar surface area (TPSA) is 34.1 Å². The highest BCUT2D eigenvalue weighted by molar-refractivity contribution is 5.52. The van der Waals surface area contributed by atoms with Gasteiger partial charge in [0.25, 0.3) is 0 Å². The van der Waals surface area contributed by atoms with Crippen molar-refractivity contribution in [1.82, 2.24) is 4.98 Å². The zero-order chi connectivity index (χ0) is 11.4. The Morgan fingerprint density at radius 2 is 2.06 bits per heavy atom. The predicted octanol–water partition coefficient (Wildman–Crippen LogP) is 3.08. The van der Waals surface area contributed by atoms with Crippen LogP contribution in [0, 0.1) is 5.92 Å². The molecule has 0 unspecified atom stereocenters. The Labute approximate surface area is 97.2 Å². The molecule has 0 bridgehead atoms. The number of aromatic nitrogens is 1. The lowest BCUT2D eigenvalue weighted by molar-refractivity contribution is 0.358. The van der Waals surface area contributed by atoms with E-state index in [0.29, 0.717) is 11.9 Å². The van der Waals surface area contributed by atoms with Crippen molar-refractivity contribution in [1.29, 1.82) is 0 Å². The number of rotatable bonds is 3. The van der Waals surface area contributed by atoms with Crippen LogP contribution in [0.15, 0.2) is 18.3 Å². The molecule has 1 aliphatic rings. The molecule has 0 atom stereocenters. The van der Waals surface area contributed by atoms with Gasteiger partial charge in [-0.25, -0.2) is 4.98 Å². The van der Waals surface area contributed by atoms with Crippen LogP contribution < -0.4 is 10.1 Å². The molecule has 1 saturated carbocycles. The van der Waals surface area contributed by atoms with Gasteiger partial charge in [-0.05, 0) is 43.7 Å². The quantitative estimate of drug-likeness (QED) is 0.850. The van der Waals surface area contributed by atoms with Crippen molar-refractivity contribution in [2.75, 3.05) is 12.4 Å². The number of methoxy groups -OCH3 is 1. The van der Waals surface area contributed by atoms with Crippen LogP contribution in [0.1, 0.15) is 32.6 Å². The Hall–Kier alpha value is -1.25. The van der Waals surface area contributed by atoms with Crippen LogP contribution in [0.4, 0.5) is 5.69 Å². The van der Waals surface area contributed by atoms with Crippen LogP contribution in [0.2, 0.25) is 0 Å². The minimum Gasteiger partial charge on any atom is -0.480 e. The van der Waals surface area contributed by atoms with Gasteiger partial charge < -0.3 is 10.1 Å². The molecule has 1 heterocycles. The van der Waals surface area contributed by atoms with E-state index in [1.807, 2.05) is 12.1 Å². The van der Waals surface area contributed by atoms with Crippen molar-refractivity contribution in [3.8, 4) is 5.88 Å². The number of anilines is 1. The predicted molar refractivity (Wildman–Crippen MR) is 65.8 cm³/mol. The third-order valence-corrected chi connectivity index (χ3v) is 3.34.